The lowest BCUT2D eigenvalue weighted by Crippen LogP contribution is -2.36. The summed E-state index contributed by atoms with van der Waals surface area (Å²) in [7, 11) is 1.89. The van der Waals surface area contributed by atoms with E-state index in [1.165, 1.54) is 6.42 Å². The van der Waals surface area contributed by atoms with Gasteiger partial charge >= 0.3 is 0 Å². The number of rotatable bonds is 3. The quantitative estimate of drug-likeness (QED) is 0.814. The molecule has 1 aliphatic carbocycles. The Bertz CT molecular complexity index is 354. The van der Waals surface area contributed by atoms with Crippen molar-refractivity contribution in [2.75, 3.05) is 0 Å². The van der Waals surface area contributed by atoms with Crippen molar-refractivity contribution >= 4 is 5.91 Å². The van der Waals surface area contributed by atoms with Gasteiger partial charge < -0.3 is 5.32 Å². The zero-order chi connectivity index (χ0) is 10.8. The number of amides is 1. The van der Waals surface area contributed by atoms with Crippen LogP contribution in [0.2, 0.25) is 0 Å². The molecule has 2 rings (SSSR count). The molecule has 0 bridgehead atoms. The van der Waals surface area contributed by atoms with E-state index in [1.807, 2.05) is 20.0 Å². The highest BCUT2D eigenvalue weighted by Crippen LogP contribution is 2.27. The first-order valence-corrected chi connectivity index (χ1v) is 5.47. The fourth-order valence-corrected chi connectivity index (χ4v) is 1.88. The Morgan fingerprint density at radius 2 is 2.40 bits per heavy atom. The molecule has 1 aromatic heterocycles. The first kappa shape index (κ1) is 10.2. The minimum Gasteiger partial charge on any atom is -0.348 e. The molecule has 15 heavy (non-hydrogen) atoms. The summed E-state index contributed by atoms with van der Waals surface area (Å²) < 4.78 is 1.80. The zero-order valence-corrected chi connectivity index (χ0v) is 9.23. The minimum atomic E-state index is 0.0469. The molecular weight excluding hydrogens is 190 g/mol. The van der Waals surface area contributed by atoms with Gasteiger partial charge in [0.2, 0.25) is 5.91 Å². The molecular formula is C11H17N3O. The Kier molecular flexibility index (Phi) is 2.75. The standard InChI is InChI=1S/C11H17N3O/c1-8(10-6-7-12-14(10)2)13-11(15)9-4-3-5-9/h6-9H,3-5H2,1-2H3,(H,13,15). The first-order valence-electron chi connectivity index (χ1n) is 5.47. The maximum absolute atomic E-state index is 11.7. The van der Waals surface area contributed by atoms with E-state index in [2.05, 4.69) is 10.4 Å². The van der Waals surface area contributed by atoms with Crippen molar-refractivity contribution in [1.82, 2.24) is 15.1 Å². The van der Waals surface area contributed by atoms with Gasteiger partial charge in [-0.2, -0.15) is 5.10 Å². The number of aryl methyl sites for hydroxylation is 1. The predicted molar refractivity (Wildman–Crippen MR) is 57.1 cm³/mol. The van der Waals surface area contributed by atoms with Gasteiger partial charge in [0.05, 0.1) is 11.7 Å². The van der Waals surface area contributed by atoms with E-state index >= 15 is 0 Å². The van der Waals surface area contributed by atoms with Gasteiger partial charge in [0, 0.05) is 19.2 Å². The highest BCUT2D eigenvalue weighted by molar-refractivity contribution is 5.79. The summed E-state index contributed by atoms with van der Waals surface area (Å²) in [4.78, 5) is 11.7. The van der Waals surface area contributed by atoms with Crippen LogP contribution in [0.5, 0.6) is 0 Å². The van der Waals surface area contributed by atoms with Crippen molar-refractivity contribution < 1.29 is 4.79 Å². The number of aromatic nitrogens is 2. The highest BCUT2D eigenvalue weighted by Gasteiger charge is 2.26. The molecule has 1 amide bonds. The Morgan fingerprint density at radius 1 is 1.67 bits per heavy atom. The summed E-state index contributed by atoms with van der Waals surface area (Å²) in [6.07, 6.45) is 5.04. The fourth-order valence-electron chi connectivity index (χ4n) is 1.88. The van der Waals surface area contributed by atoms with Crippen LogP contribution in [-0.2, 0) is 11.8 Å². The number of hydrogen-bond donors (Lipinski definition) is 1. The van der Waals surface area contributed by atoms with Gasteiger partial charge in [-0.25, -0.2) is 0 Å². The summed E-state index contributed by atoms with van der Waals surface area (Å²) in [6, 6.07) is 1.98. The van der Waals surface area contributed by atoms with E-state index in [0.717, 1.165) is 18.5 Å². The Morgan fingerprint density at radius 3 is 2.87 bits per heavy atom. The van der Waals surface area contributed by atoms with Gasteiger partial charge in [-0.3, -0.25) is 9.48 Å². The summed E-state index contributed by atoms with van der Waals surface area (Å²) in [6.45, 7) is 1.99. The molecule has 1 fully saturated rings. The molecule has 1 saturated carbocycles. The van der Waals surface area contributed by atoms with E-state index in [4.69, 9.17) is 0 Å². The average molecular weight is 207 g/mol. The lowest BCUT2D eigenvalue weighted by molar-refractivity contribution is -0.128. The van der Waals surface area contributed by atoms with E-state index in [-0.39, 0.29) is 17.9 Å². The van der Waals surface area contributed by atoms with E-state index < -0.39 is 0 Å². The predicted octanol–water partition coefficient (Wildman–Crippen LogP) is 1.40. The molecule has 4 nitrogen and oxygen atoms in total. The molecule has 82 valence electrons. The third-order valence-corrected chi connectivity index (χ3v) is 3.14. The fraction of sp³-hybridized carbons (Fsp3) is 0.636. The molecule has 1 aliphatic rings. The number of hydrogen-bond acceptors (Lipinski definition) is 2. The van der Waals surface area contributed by atoms with Crippen molar-refractivity contribution in [3.63, 3.8) is 0 Å². The van der Waals surface area contributed by atoms with Gasteiger partial charge in [-0.1, -0.05) is 6.42 Å². The third kappa shape index (κ3) is 2.03. The molecule has 1 unspecified atom stereocenters. The summed E-state index contributed by atoms with van der Waals surface area (Å²) >= 11 is 0. The zero-order valence-electron chi connectivity index (χ0n) is 9.23. The van der Waals surface area contributed by atoms with Crippen LogP contribution in [0.3, 0.4) is 0 Å². The molecule has 0 radical (unpaired) electrons. The Labute approximate surface area is 89.7 Å². The third-order valence-electron chi connectivity index (χ3n) is 3.14. The molecule has 0 spiro atoms. The highest BCUT2D eigenvalue weighted by atomic mass is 16.2. The summed E-state index contributed by atoms with van der Waals surface area (Å²) in [5.74, 6) is 0.440. The van der Waals surface area contributed by atoms with Crippen LogP contribution in [0.1, 0.15) is 37.9 Å². The SMILES string of the molecule is CC(NC(=O)C1CCC1)c1ccnn1C. The normalized spacial score (nSPS) is 18.3. The van der Waals surface area contributed by atoms with Gasteiger partial charge in [0.1, 0.15) is 0 Å². The number of carbonyl (C=O) groups is 1. The van der Waals surface area contributed by atoms with Gasteiger partial charge in [0.15, 0.2) is 0 Å². The monoisotopic (exact) mass is 207 g/mol. The maximum Gasteiger partial charge on any atom is 0.223 e. The molecule has 1 aromatic rings. The van der Waals surface area contributed by atoms with Crippen LogP contribution in [0.15, 0.2) is 12.3 Å². The lowest BCUT2D eigenvalue weighted by atomic mass is 9.84. The molecule has 0 saturated heterocycles. The number of nitrogens with one attached hydrogen (secondary N) is 1. The second kappa shape index (κ2) is 4.04. The first-order chi connectivity index (χ1) is 7.18. The molecule has 1 atom stereocenters. The molecule has 1 N–H and O–H groups in total. The van der Waals surface area contributed by atoms with Gasteiger partial charge in [-0.15, -0.1) is 0 Å². The Balaban J connectivity index is 1.94. The van der Waals surface area contributed by atoms with Gasteiger partial charge in [-0.05, 0) is 25.8 Å². The maximum atomic E-state index is 11.7. The lowest BCUT2D eigenvalue weighted by Gasteiger charge is -2.26. The second-order valence-corrected chi connectivity index (χ2v) is 4.24. The molecule has 4 heteroatoms. The number of carbonyl (C=O) groups excluding carboxylic acids is 1. The van der Waals surface area contributed by atoms with E-state index in [0.29, 0.717) is 0 Å². The largest absolute Gasteiger partial charge is 0.348 e. The second-order valence-electron chi connectivity index (χ2n) is 4.24. The summed E-state index contributed by atoms with van der Waals surface area (Å²) in [5.41, 5.74) is 1.04. The topological polar surface area (TPSA) is 46.9 Å². The van der Waals surface area contributed by atoms with Crippen LogP contribution >= 0.6 is 0 Å². The Hall–Kier alpha value is -1.32. The number of nitrogens with zero attached hydrogens (tertiary/aromatic N) is 2. The van der Waals surface area contributed by atoms with E-state index in [9.17, 15) is 4.79 Å². The molecule has 0 aliphatic heterocycles. The van der Waals surface area contributed by atoms with Crippen LogP contribution < -0.4 is 5.32 Å². The summed E-state index contributed by atoms with van der Waals surface area (Å²) in [5, 5.41) is 7.11. The average Bonchev–Trinajstić information content (AvgIpc) is 2.47. The van der Waals surface area contributed by atoms with Crippen molar-refractivity contribution in [3.8, 4) is 0 Å². The van der Waals surface area contributed by atoms with Gasteiger partial charge in [0.25, 0.3) is 0 Å². The van der Waals surface area contributed by atoms with Crippen molar-refractivity contribution in [2.45, 2.75) is 32.2 Å². The van der Waals surface area contributed by atoms with Crippen molar-refractivity contribution in [3.05, 3.63) is 18.0 Å². The van der Waals surface area contributed by atoms with Crippen LogP contribution in [0, 0.1) is 5.92 Å². The van der Waals surface area contributed by atoms with Crippen LogP contribution in [0.25, 0.3) is 0 Å². The van der Waals surface area contributed by atoms with Crippen molar-refractivity contribution in [2.24, 2.45) is 13.0 Å². The van der Waals surface area contributed by atoms with Crippen LogP contribution in [-0.4, -0.2) is 15.7 Å². The molecule has 1 heterocycles. The minimum absolute atomic E-state index is 0.0469. The smallest absolute Gasteiger partial charge is 0.223 e. The molecule has 0 aromatic carbocycles. The van der Waals surface area contributed by atoms with E-state index in [1.54, 1.807) is 10.9 Å². The van der Waals surface area contributed by atoms with Crippen LogP contribution in [0.4, 0.5) is 0 Å². The van der Waals surface area contributed by atoms with Crippen molar-refractivity contribution in [1.29, 1.82) is 0 Å².